The third kappa shape index (κ3) is 10.7. The third-order valence-electron chi connectivity index (χ3n) is 2.55. The maximum Gasteiger partial charge on any atom is 0.335 e. The number of unbranched alkanes of at least 4 members (excludes halogenated alkanes) is 2. The molecule has 0 bridgehead atoms. The molecule has 20 heavy (non-hydrogen) atoms. The molecule has 8 heteroatoms. The van der Waals surface area contributed by atoms with Gasteiger partial charge in [-0.3, -0.25) is 0 Å². The number of aliphatic carboxylic acids is 2. The summed E-state index contributed by atoms with van der Waals surface area (Å²) in [5, 5.41) is 50.7. The first-order valence-corrected chi connectivity index (χ1v) is 6.35. The normalized spacial score (nSPS) is 13.9. The van der Waals surface area contributed by atoms with Crippen molar-refractivity contribution in [3.05, 3.63) is 0 Å². The van der Waals surface area contributed by atoms with E-state index in [1.807, 2.05) is 0 Å². The minimum absolute atomic E-state index is 0.427. The molecule has 0 heterocycles. The van der Waals surface area contributed by atoms with E-state index in [9.17, 15) is 9.59 Å². The van der Waals surface area contributed by atoms with Gasteiger partial charge in [-0.15, -0.1) is 0 Å². The molecule has 6 N–H and O–H groups in total. The minimum atomic E-state index is -2.27. The van der Waals surface area contributed by atoms with Crippen LogP contribution in [0.3, 0.4) is 0 Å². The van der Waals surface area contributed by atoms with Crippen molar-refractivity contribution in [3.63, 3.8) is 0 Å². The van der Waals surface area contributed by atoms with E-state index in [4.69, 9.17) is 30.6 Å². The Kier molecular flexibility index (Phi) is 11.1. The number of carbonyl (C=O) groups is 2. The second-order valence-corrected chi connectivity index (χ2v) is 4.36. The summed E-state index contributed by atoms with van der Waals surface area (Å²) >= 11 is 0. The highest BCUT2D eigenvalue weighted by Crippen LogP contribution is 2.14. The summed E-state index contributed by atoms with van der Waals surface area (Å²) in [6, 6.07) is 0. The Morgan fingerprint density at radius 2 is 1.35 bits per heavy atom. The number of aliphatic hydroxyl groups excluding tert-OH is 2. The van der Waals surface area contributed by atoms with Crippen molar-refractivity contribution >= 4 is 11.9 Å². The van der Waals surface area contributed by atoms with Gasteiger partial charge < -0.3 is 30.6 Å². The monoisotopic (exact) mass is 296 g/mol. The quantitative estimate of drug-likeness (QED) is 0.259. The fourth-order valence-corrected chi connectivity index (χ4v) is 1.10. The molecule has 2 unspecified atom stereocenters. The maximum atomic E-state index is 9.77. The lowest BCUT2D eigenvalue weighted by Crippen LogP contribution is -2.39. The van der Waals surface area contributed by atoms with Gasteiger partial charge in [0.15, 0.2) is 18.0 Å². The predicted molar refractivity (Wildman–Crippen MR) is 68.9 cm³/mol. The van der Waals surface area contributed by atoms with Crippen molar-refractivity contribution in [3.8, 4) is 0 Å². The van der Waals surface area contributed by atoms with Crippen molar-refractivity contribution in [1.82, 2.24) is 0 Å². The Balaban J connectivity index is 0. The highest BCUT2D eigenvalue weighted by molar-refractivity contribution is 5.83. The topological polar surface area (TPSA) is 156 Å². The molecule has 0 saturated carbocycles. The number of carboxylic acids is 2. The van der Waals surface area contributed by atoms with E-state index in [0.29, 0.717) is 12.8 Å². The van der Waals surface area contributed by atoms with Gasteiger partial charge in [0, 0.05) is 6.42 Å². The lowest BCUT2D eigenvalue weighted by Gasteiger charge is -2.18. The molecule has 0 aromatic rings. The number of carboxylic acid groups (broad SMARTS) is 2. The van der Waals surface area contributed by atoms with Crippen LogP contribution in [0.5, 0.6) is 0 Å². The number of hydrogen-bond donors (Lipinski definition) is 6. The molecule has 120 valence electrons. The molecule has 0 rings (SSSR count). The van der Waals surface area contributed by atoms with E-state index in [1.165, 1.54) is 0 Å². The van der Waals surface area contributed by atoms with Gasteiger partial charge in [-0.05, 0) is 12.8 Å². The highest BCUT2D eigenvalue weighted by atomic mass is 16.5. The average molecular weight is 296 g/mol. The van der Waals surface area contributed by atoms with Crippen LogP contribution in [0.15, 0.2) is 0 Å². The van der Waals surface area contributed by atoms with Gasteiger partial charge in [-0.2, -0.15) is 0 Å². The van der Waals surface area contributed by atoms with Crippen molar-refractivity contribution in [1.29, 1.82) is 0 Å². The van der Waals surface area contributed by atoms with Crippen molar-refractivity contribution in [2.75, 3.05) is 0 Å². The summed E-state index contributed by atoms with van der Waals surface area (Å²) in [6.07, 6.45) is -0.469. The summed E-state index contributed by atoms with van der Waals surface area (Å²) in [5.74, 6) is -4.94. The summed E-state index contributed by atoms with van der Waals surface area (Å²) in [4.78, 5) is 19.5. The molecule has 0 aliphatic carbocycles. The van der Waals surface area contributed by atoms with Gasteiger partial charge in [0.25, 0.3) is 0 Å². The molecule has 0 aliphatic rings. The summed E-state index contributed by atoms with van der Waals surface area (Å²) < 4.78 is 0. The second kappa shape index (κ2) is 10.6. The fraction of sp³-hybridized carbons (Fsp3) is 0.833. The fourth-order valence-electron chi connectivity index (χ4n) is 1.10. The van der Waals surface area contributed by atoms with Gasteiger partial charge in [0.2, 0.25) is 0 Å². The van der Waals surface area contributed by atoms with Gasteiger partial charge in [-0.1, -0.05) is 26.7 Å². The highest BCUT2D eigenvalue weighted by Gasteiger charge is 2.29. The smallest absolute Gasteiger partial charge is 0.335 e. The first kappa shape index (κ1) is 21.1. The van der Waals surface area contributed by atoms with Crippen LogP contribution in [0, 0.1) is 0 Å². The predicted octanol–water partition coefficient (Wildman–Crippen LogP) is -0.465. The molecule has 2 atom stereocenters. The molecular formula is C12H24O8. The standard InChI is InChI=1S/C8H18O2.C4H6O6/c1-3-5-6-7-8(9,10)4-2;5-1(3(7)8)2(6)4(9)10/h9-10H,3-7H2,1-2H3;1-2,5-6H,(H,7,8)(H,9,10). The number of aliphatic hydroxyl groups is 4. The molecule has 0 aromatic heterocycles. The van der Waals surface area contributed by atoms with Crippen molar-refractivity contribution < 1.29 is 40.2 Å². The van der Waals surface area contributed by atoms with Crippen molar-refractivity contribution in [2.24, 2.45) is 0 Å². The lowest BCUT2D eigenvalue weighted by atomic mass is 10.1. The number of hydrogen-bond acceptors (Lipinski definition) is 6. The molecule has 0 saturated heterocycles. The first-order valence-electron chi connectivity index (χ1n) is 6.35. The molecule has 0 aliphatic heterocycles. The van der Waals surface area contributed by atoms with E-state index < -0.39 is 29.9 Å². The Morgan fingerprint density at radius 3 is 1.60 bits per heavy atom. The molecule has 0 amide bonds. The summed E-state index contributed by atoms with van der Waals surface area (Å²) in [6.45, 7) is 3.88. The van der Waals surface area contributed by atoms with Crippen LogP contribution in [0.25, 0.3) is 0 Å². The van der Waals surface area contributed by atoms with Crippen LogP contribution in [0.1, 0.15) is 46.0 Å². The van der Waals surface area contributed by atoms with Crippen LogP contribution in [-0.2, 0) is 9.59 Å². The summed E-state index contributed by atoms with van der Waals surface area (Å²) in [5.41, 5.74) is 0. The first-order chi connectivity index (χ1) is 9.09. The SMILES string of the molecule is CCCCCC(O)(O)CC.O=C(O)C(O)C(O)C(=O)O. The van der Waals surface area contributed by atoms with Crippen LogP contribution >= 0.6 is 0 Å². The molecular weight excluding hydrogens is 272 g/mol. The van der Waals surface area contributed by atoms with E-state index >= 15 is 0 Å². The zero-order valence-corrected chi connectivity index (χ0v) is 11.7. The van der Waals surface area contributed by atoms with Gasteiger partial charge in [0.05, 0.1) is 0 Å². The Labute approximate surface area is 117 Å². The molecule has 0 aromatic carbocycles. The number of rotatable bonds is 8. The lowest BCUT2D eigenvalue weighted by molar-refractivity contribution is -0.167. The van der Waals surface area contributed by atoms with Gasteiger partial charge in [-0.25, -0.2) is 9.59 Å². The Bertz CT molecular complexity index is 271. The minimum Gasteiger partial charge on any atom is -0.479 e. The Morgan fingerprint density at radius 1 is 0.950 bits per heavy atom. The van der Waals surface area contributed by atoms with Gasteiger partial charge in [0.1, 0.15) is 0 Å². The average Bonchev–Trinajstić information content (AvgIpc) is 2.37. The molecule has 0 radical (unpaired) electrons. The van der Waals surface area contributed by atoms with Crippen LogP contribution in [0.4, 0.5) is 0 Å². The maximum absolute atomic E-state index is 9.77. The van der Waals surface area contributed by atoms with Gasteiger partial charge >= 0.3 is 11.9 Å². The second-order valence-electron chi connectivity index (χ2n) is 4.36. The van der Waals surface area contributed by atoms with Crippen molar-refractivity contribution in [2.45, 2.75) is 63.9 Å². The largest absolute Gasteiger partial charge is 0.479 e. The van der Waals surface area contributed by atoms with E-state index in [1.54, 1.807) is 6.92 Å². The van der Waals surface area contributed by atoms with Crippen LogP contribution < -0.4 is 0 Å². The van der Waals surface area contributed by atoms with E-state index in [2.05, 4.69) is 6.92 Å². The van der Waals surface area contributed by atoms with E-state index in [0.717, 1.165) is 19.3 Å². The Hall–Kier alpha value is -1.22. The molecule has 0 fully saturated rings. The van der Waals surface area contributed by atoms with E-state index in [-0.39, 0.29) is 0 Å². The zero-order valence-electron chi connectivity index (χ0n) is 11.7. The molecule has 0 spiro atoms. The van der Waals surface area contributed by atoms with Crippen LogP contribution in [-0.4, -0.2) is 60.6 Å². The summed E-state index contributed by atoms with van der Waals surface area (Å²) in [7, 11) is 0. The molecule has 8 nitrogen and oxygen atoms in total. The van der Waals surface area contributed by atoms with Crippen LogP contribution in [0.2, 0.25) is 0 Å². The third-order valence-corrected chi connectivity index (χ3v) is 2.55. The zero-order chi connectivity index (χ0) is 16.3.